The van der Waals surface area contributed by atoms with Crippen LogP contribution in [0.4, 0.5) is 24.5 Å². The van der Waals surface area contributed by atoms with Gasteiger partial charge < -0.3 is 15.5 Å². The number of anilines is 2. The number of aromatic hydroxyl groups is 2. The van der Waals surface area contributed by atoms with Crippen LogP contribution in [0.1, 0.15) is 15.9 Å². The number of carbonyl (C=O) groups is 1. The molecule has 0 heterocycles. The van der Waals surface area contributed by atoms with E-state index in [1.807, 2.05) is 4.72 Å². The predicted octanol–water partition coefficient (Wildman–Crippen LogP) is 4.41. The lowest BCUT2D eigenvalue weighted by Crippen LogP contribution is -2.14. The van der Waals surface area contributed by atoms with E-state index in [2.05, 4.69) is 5.32 Å². The van der Waals surface area contributed by atoms with E-state index in [4.69, 9.17) is 0 Å². The molecule has 0 aliphatic carbocycles. The zero-order valence-corrected chi connectivity index (χ0v) is 17.3. The molecule has 0 aliphatic heterocycles. The zero-order chi connectivity index (χ0) is 23.7. The Morgan fingerprint density at radius 2 is 1.44 bits per heavy atom. The molecule has 3 aromatic rings. The molecule has 11 heteroatoms. The molecule has 3 aromatic carbocycles. The standard InChI is InChI=1S/C21H17F3N2O5S/c1-32(30,31)26-17-10-14(11-18(27)19(17)28)20(29)25-16-8-4-13(5-9-16)12-2-6-15(7-3-12)21(22,23)24/h2-11,26-28H,1H3,(H,25,29). The second-order valence-electron chi connectivity index (χ2n) is 6.87. The van der Waals surface area contributed by atoms with Crippen molar-refractivity contribution < 1.29 is 36.6 Å². The Bertz CT molecular complexity index is 1260. The summed E-state index contributed by atoms with van der Waals surface area (Å²) in [5, 5.41) is 22.1. The van der Waals surface area contributed by atoms with Crippen LogP contribution < -0.4 is 10.0 Å². The molecule has 7 nitrogen and oxygen atoms in total. The van der Waals surface area contributed by atoms with Crippen molar-refractivity contribution in [3.05, 3.63) is 71.8 Å². The second-order valence-corrected chi connectivity index (χ2v) is 8.62. The lowest BCUT2D eigenvalue weighted by atomic mass is 10.0. The third kappa shape index (κ3) is 5.49. The van der Waals surface area contributed by atoms with Crippen molar-refractivity contribution in [1.29, 1.82) is 0 Å². The van der Waals surface area contributed by atoms with Crippen LogP contribution in [0.3, 0.4) is 0 Å². The minimum atomic E-state index is -4.42. The number of benzene rings is 3. The third-order valence-corrected chi connectivity index (χ3v) is 4.93. The fourth-order valence-electron chi connectivity index (χ4n) is 2.83. The highest BCUT2D eigenvalue weighted by atomic mass is 32.2. The molecule has 0 spiro atoms. The van der Waals surface area contributed by atoms with Crippen LogP contribution >= 0.6 is 0 Å². The molecule has 0 aliphatic rings. The minimum absolute atomic E-state index is 0.127. The van der Waals surface area contributed by atoms with Crippen LogP contribution in [0.2, 0.25) is 0 Å². The Balaban J connectivity index is 1.78. The molecule has 168 valence electrons. The fourth-order valence-corrected chi connectivity index (χ4v) is 3.38. The number of phenolic OH excluding ortho intramolecular Hbond substituents is 2. The van der Waals surface area contributed by atoms with Crippen LogP contribution in [0.5, 0.6) is 11.5 Å². The van der Waals surface area contributed by atoms with Crippen LogP contribution in [-0.4, -0.2) is 30.8 Å². The smallest absolute Gasteiger partial charge is 0.416 e. The highest BCUT2D eigenvalue weighted by molar-refractivity contribution is 7.92. The van der Waals surface area contributed by atoms with Gasteiger partial charge in [0, 0.05) is 11.3 Å². The van der Waals surface area contributed by atoms with Gasteiger partial charge in [0.1, 0.15) is 0 Å². The number of nitrogens with one attached hydrogen (secondary N) is 2. The largest absolute Gasteiger partial charge is 0.504 e. The molecule has 0 saturated heterocycles. The summed E-state index contributed by atoms with van der Waals surface area (Å²) in [4.78, 5) is 12.5. The number of hydrogen-bond donors (Lipinski definition) is 4. The first-order valence-corrected chi connectivity index (χ1v) is 10.9. The summed E-state index contributed by atoms with van der Waals surface area (Å²) < 4.78 is 62.8. The van der Waals surface area contributed by atoms with Gasteiger partial charge in [-0.15, -0.1) is 0 Å². The molecule has 4 N–H and O–H groups in total. The van der Waals surface area contributed by atoms with Crippen molar-refractivity contribution in [3.63, 3.8) is 0 Å². The third-order valence-electron chi connectivity index (χ3n) is 4.34. The van der Waals surface area contributed by atoms with E-state index in [-0.39, 0.29) is 11.3 Å². The number of amides is 1. The number of hydrogen-bond acceptors (Lipinski definition) is 5. The first-order chi connectivity index (χ1) is 14.8. The molecular formula is C21H17F3N2O5S. The number of alkyl halides is 3. The van der Waals surface area contributed by atoms with Crippen LogP contribution in [0.25, 0.3) is 11.1 Å². The maximum atomic E-state index is 12.7. The van der Waals surface area contributed by atoms with Gasteiger partial charge in [-0.05, 0) is 47.5 Å². The van der Waals surface area contributed by atoms with E-state index < -0.39 is 39.2 Å². The van der Waals surface area contributed by atoms with Gasteiger partial charge in [-0.3, -0.25) is 9.52 Å². The fraction of sp³-hybridized carbons (Fsp3) is 0.0952. The number of phenols is 2. The Kier molecular flexibility index (Phi) is 6.04. The molecule has 0 saturated carbocycles. The summed E-state index contributed by atoms with van der Waals surface area (Å²) >= 11 is 0. The first-order valence-electron chi connectivity index (χ1n) is 8.96. The van der Waals surface area contributed by atoms with E-state index in [9.17, 15) is 36.6 Å². The molecule has 0 fully saturated rings. The molecule has 32 heavy (non-hydrogen) atoms. The molecule has 3 rings (SSSR count). The van der Waals surface area contributed by atoms with Gasteiger partial charge in [0.2, 0.25) is 10.0 Å². The maximum absolute atomic E-state index is 12.7. The SMILES string of the molecule is CS(=O)(=O)Nc1cc(C(=O)Nc2ccc(-c3ccc(C(F)(F)F)cc3)cc2)cc(O)c1O. The number of carbonyl (C=O) groups excluding carboxylic acids is 1. The minimum Gasteiger partial charge on any atom is -0.504 e. The Hall–Kier alpha value is -3.73. The molecule has 0 atom stereocenters. The normalized spacial score (nSPS) is 11.8. The Morgan fingerprint density at radius 3 is 1.94 bits per heavy atom. The summed E-state index contributed by atoms with van der Waals surface area (Å²) in [5.74, 6) is -2.12. The second kappa shape index (κ2) is 8.42. The van der Waals surface area contributed by atoms with Gasteiger partial charge in [0.05, 0.1) is 17.5 Å². The van der Waals surface area contributed by atoms with Gasteiger partial charge in [-0.2, -0.15) is 13.2 Å². The van der Waals surface area contributed by atoms with Crippen molar-refractivity contribution in [3.8, 4) is 22.6 Å². The van der Waals surface area contributed by atoms with E-state index in [1.165, 1.54) is 24.3 Å². The number of halogens is 3. The quantitative estimate of drug-likeness (QED) is 0.416. The van der Waals surface area contributed by atoms with E-state index >= 15 is 0 Å². The predicted molar refractivity (Wildman–Crippen MR) is 113 cm³/mol. The first kappa shape index (κ1) is 22.9. The van der Waals surface area contributed by atoms with Gasteiger partial charge >= 0.3 is 6.18 Å². The van der Waals surface area contributed by atoms with Crippen molar-refractivity contribution in [2.75, 3.05) is 16.3 Å². The van der Waals surface area contributed by atoms with E-state index in [0.29, 0.717) is 16.8 Å². The average molecular weight is 466 g/mol. The highest BCUT2D eigenvalue weighted by Crippen LogP contribution is 2.35. The topological polar surface area (TPSA) is 116 Å². The summed E-state index contributed by atoms with van der Waals surface area (Å²) in [6.45, 7) is 0. The van der Waals surface area contributed by atoms with E-state index in [1.54, 1.807) is 12.1 Å². The Labute approximate surface area is 181 Å². The van der Waals surface area contributed by atoms with Crippen molar-refractivity contribution >= 4 is 27.3 Å². The lowest BCUT2D eigenvalue weighted by molar-refractivity contribution is -0.137. The highest BCUT2D eigenvalue weighted by Gasteiger charge is 2.29. The van der Waals surface area contributed by atoms with Crippen LogP contribution in [0, 0.1) is 0 Å². The summed E-state index contributed by atoms with van der Waals surface area (Å²) in [7, 11) is -3.78. The van der Waals surface area contributed by atoms with Crippen molar-refractivity contribution in [1.82, 2.24) is 0 Å². The lowest BCUT2D eigenvalue weighted by Gasteiger charge is -2.12. The molecule has 1 amide bonds. The van der Waals surface area contributed by atoms with Crippen molar-refractivity contribution in [2.45, 2.75) is 6.18 Å². The molecular weight excluding hydrogens is 449 g/mol. The zero-order valence-electron chi connectivity index (χ0n) is 16.4. The summed E-state index contributed by atoms with van der Waals surface area (Å²) in [6.07, 6.45) is -3.58. The van der Waals surface area contributed by atoms with Gasteiger partial charge in [-0.25, -0.2) is 8.42 Å². The van der Waals surface area contributed by atoms with Crippen LogP contribution in [0.15, 0.2) is 60.7 Å². The molecule has 0 bridgehead atoms. The monoisotopic (exact) mass is 466 g/mol. The van der Waals surface area contributed by atoms with Gasteiger partial charge in [0.25, 0.3) is 5.91 Å². The average Bonchev–Trinajstić information content (AvgIpc) is 2.70. The van der Waals surface area contributed by atoms with Gasteiger partial charge in [0.15, 0.2) is 11.5 Å². The number of sulfonamides is 1. The number of rotatable bonds is 5. The Morgan fingerprint density at radius 1 is 0.906 bits per heavy atom. The summed E-state index contributed by atoms with van der Waals surface area (Å²) in [5.41, 5.74) is 0.269. The molecule has 0 aromatic heterocycles. The maximum Gasteiger partial charge on any atom is 0.416 e. The molecule has 0 radical (unpaired) electrons. The van der Waals surface area contributed by atoms with Crippen LogP contribution in [-0.2, 0) is 16.2 Å². The van der Waals surface area contributed by atoms with Gasteiger partial charge in [-0.1, -0.05) is 24.3 Å². The van der Waals surface area contributed by atoms with Crippen molar-refractivity contribution in [2.24, 2.45) is 0 Å². The summed E-state index contributed by atoms with van der Waals surface area (Å²) in [6, 6.07) is 12.9. The molecule has 0 unspecified atom stereocenters. The van der Waals surface area contributed by atoms with E-state index in [0.717, 1.165) is 30.5 Å².